The first-order valence-electron chi connectivity index (χ1n) is 14.6. The molecule has 200 valence electrons. The van der Waals surface area contributed by atoms with Crippen molar-refractivity contribution in [2.45, 2.75) is 160 Å². The van der Waals surface area contributed by atoms with E-state index in [-0.39, 0.29) is 34.2 Å². The molecule has 35 heavy (non-hydrogen) atoms. The minimum Gasteiger partial charge on any atom is -0.363 e. The summed E-state index contributed by atoms with van der Waals surface area (Å²) in [4.78, 5) is 0. The number of aliphatic hydroxyl groups is 1. The predicted molar refractivity (Wildman–Crippen MR) is 135 cm³/mol. The lowest BCUT2D eigenvalue weighted by atomic mass is 9.49. The van der Waals surface area contributed by atoms with Crippen LogP contribution >= 0.6 is 0 Å². The SMILES string of the molecule is CC1CCC23OC(CCC2C1(C)CCC1(C)C(C)CCC2OC4(O)CCC21OC4(C)C)C(C)(C)O3. The van der Waals surface area contributed by atoms with Crippen LogP contribution < -0.4 is 0 Å². The summed E-state index contributed by atoms with van der Waals surface area (Å²) in [6.45, 7) is 18.4. The van der Waals surface area contributed by atoms with Gasteiger partial charge in [-0.3, -0.25) is 0 Å². The van der Waals surface area contributed by atoms with Crippen LogP contribution in [-0.4, -0.2) is 45.7 Å². The maximum atomic E-state index is 11.3. The van der Waals surface area contributed by atoms with Gasteiger partial charge in [-0.05, 0) is 96.3 Å². The van der Waals surface area contributed by atoms with Gasteiger partial charge in [0.15, 0.2) is 11.6 Å². The zero-order chi connectivity index (χ0) is 25.3. The van der Waals surface area contributed by atoms with Crippen molar-refractivity contribution in [1.82, 2.24) is 0 Å². The molecule has 7 aliphatic rings. The molecule has 5 saturated heterocycles. The molecule has 0 aromatic carbocycles. The second kappa shape index (κ2) is 7.25. The normalized spacial score (nSPS) is 58.0. The Bertz CT molecular complexity index is 886. The smallest absolute Gasteiger partial charge is 0.195 e. The van der Waals surface area contributed by atoms with E-state index in [0.717, 1.165) is 51.4 Å². The molecule has 5 heteroatoms. The van der Waals surface area contributed by atoms with E-state index < -0.39 is 17.2 Å². The van der Waals surface area contributed by atoms with Gasteiger partial charge < -0.3 is 24.1 Å². The van der Waals surface area contributed by atoms with Gasteiger partial charge in [-0.15, -0.1) is 0 Å². The molecule has 5 nitrogen and oxygen atoms in total. The van der Waals surface area contributed by atoms with Gasteiger partial charge in [0.25, 0.3) is 0 Å². The molecule has 1 N–H and O–H groups in total. The lowest BCUT2D eigenvalue weighted by Gasteiger charge is -2.70. The Kier molecular flexibility index (Phi) is 5.20. The third kappa shape index (κ3) is 3.05. The van der Waals surface area contributed by atoms with Gasteiger partial charge >= 0.3 is 0 Å². The van der Waals surface area contributed by atoms with Crippen molar-refractivity contribution < 1.29 is 24.1 Å². The number of fused-ring (bicyclic) bond motifs is 3. The van der Waals surface area contributed by atoms with E-state index in [1.807, 2.05) is 13.8 Å². The van der Waals surface area contributed by atoms with E-state index in [9.17, 15) is 5.11 Å². The largest absolute Gasteiger partial charge is 0.363 e. The van der Waals surface area contributed by atoms with Crippen LogP contribution in [0.3, 0.4) is 0 Å². The van der Waals surface area contributed by atoms with Crippen LogP contribution in [0, 0.1) is 28.6 Å². The maximum absolute atomic E-state index is 11.3. The van der Waals surface area contributed by atoms with Gasteiger partial charge in [-0.2, -0.15) is 0 Å². The number of hydrogen-bond acceptors (Lipinski definition) is 5. The van der Waals surface area contributed by atoms with Gasteiger partial charge in [-0.1, -0.05) is 27.7 Å². The van der Waals surface area contributed by atoms with Crippen LogP contribution in [0.25, 0.3) is 0 Å². The summed E-state index contributed by atoms with van der Waals surface area (Å²) in [5.41, 5.74) is -1.05. The highest BCUT2D eigenvalue weighted by Crippen LogP contribution is 2.67. The molecule has 2 aliphatic carbocycles. The van der Waals surface area contributed by atoms with E-state index in [0.29, 0.717) is 24.2 Å². The van der Waals surface area contributed by atoms with Crippen LogP contribution in [0.4, 0.5) is 0 Å². The van der Waals surface area contributed by atoms with E-state index >= 15 is 0 Å². The quantitative estimate of drug-likeness (QED) is 0.499. The summed E-state index contributed by atoms with van der Waals surface area (Å²) < 4.78 is 27.1. The fraction of sp³-hybridized carbons (Fsp3) is 1.00. The van der Waals surface area contributed by atoms with Crippen molar-refractivity contribution in [1.29, 1.82) is 0 Å². The highest BCUT2D eigenvalue weighted by atomic mass is 16.8. The molecule has 5 heterocycles. The zero-order valence-electron chi connectivity index (χ0n) is 23.5. The van der Waals surface area contributed by atoms with Gasteiger partial charge in [-0.25, -0.2) is 0 Å². The summed E-state index contributed by atoms with van der Waals surface area (Å²) >= 11 is 0. The predicted octanol–water partition coefficient (Wildman–Crippen LogP) is 6.35. The van der Waals surface area contributed by atoms with Crippen LogP contribution in [-0.2, 0) is 18.9 Å². The van der Waals surface area contributed by atoms with Crippen molar-refractivity contribution in [2.75, 3.05) is 0 Å². The topological polar surface area (TPSA) is 57.2 Å². The molecule has 7 rings (SSSR count). The molecule has 5 aliphatic heterocycles. The average Bonchev–Trinajstić information content (AvgIpc) is 2.97. The summed E-state index contributed by atoms with van der Waals surface area (Å²) in [5.74, 6) is 0.0514. The lowest BCUT2D eigenvalue weighted by Crippen LogP contribution is -2.78. The minimum absolute atomic E-state index is 0.00383. The van der Waals surface area contributed by atoms with E-state index in [1.165, 1.54) is 6.42 Å². The average molecular weight is 491 g/mol. The summed E-state index contributed by atoms with van der Waals surface area (Å²) in [6.07, 6.45) is 10.6. The van der Waals surface area contributed by atoms with Gasteiger partial charge in [0.2, 0.25) is 0 Å². The zero-order valence-corrected chi connectivity index (χ0v) is 23.5. The molecule has 2 saturated carbocycles. The Morgan fingerprint density at radius 3 is 2.14 bits per heavy atom. The molecule has 0 aromatic rings. The van der Waals surface area contributed by atoms with Crippen molar-refractivity contribution in [3.05, 3.63) is 0 Å². The first kappa shape index (κ1) is 25.1. The summed E-state index contributed by atoms with van der Waals surface area (Å²) in [7, 11) is 0. The summed E-state index contributed by atoms with van der Waals surface area (Å²) in [6, 6.07) is 0. The van der Waals surface area contributed by atoms with Crippen molar-refractivity contribution >= 4 is 0 Å². The van der Waals surface area contributed by atoms with Crippen molar-refractivity contribution in [3.63, 3.8) is 0 Å². The Balaban J connectivity index is 1.31. The molecule has 10 unspecified atom stereocenters. The minimum atomic E-state index is -1.17. The maximum Gasteiger partial charge on any atom is 0.195 e. The van der Waals surface area contributed by atoms with Crippen LogP contribution in [0.15, 0.2) is 0 Å². The molecular weight excluding hydrogens is 440 g/mol. The van der Waals surface area contributed by atoms with E-state index in [1.54, 1.807) is 0 Å². The fourth-order valence-electron chi connectivity index (χ4n) is 9.83. The molecule has 0 radical (unpaired) electrons. The molecule has 2 spiro atoms. The Labute approximate surface area is 213 Å². The first-order chi connectivity index (χ1) is 16.1. The Morgan fingerprint density at radius 2 is 1.43 bits per heavy atom. The molecule has 0 aromatic heterocycles. The van der Waals surface area contributed by atoms with Crippen LogP contribution in [0.1, 0.15) is 120 Å². The van der Waals surface area contributed by atoms with Crippen LogP contribution in [0.5, 0.6) is 0 Å². The third-order valence-corrected chi connectivity index (χ3v) is 12.8. The standard InChI is InChI=1S/C30H50O5/c1-19-13-14-29-21(10-12-22(32-29)24(3,4)34-29)26(19,7)15-16-27(8)20(2)9-11-23-28(27)17-18-30(31,33-23)25(5,6)35-28/h19-23,31H,9-18H2,1-8H3. The van der Waals surface area contributed by atoms with Gasteiger partial charge in [0.05, 0.1) is 17.8 Å². The van der Waals surface area contributed by atoms with Gasteiger partial charge in [0.1, 0.15) is 11.2 Å². The second-order valence-electron chi connectivity index (χ2n) is 15.0. The molecular formula is C30H50O5. The summed E-state index contributed by atoms with van der Waals surface area (Å²) in [5, 5.41) is 11.3. The third-order valence-electron chi connectivity index (χ3n) is 12.8. The lowest BCUT2D eigenvalue weighted by molar-refractivity contribution is -0.468. The van der Waals surface area contributed by atoms with E-state index in [2.05, 4.69) is 41.5 Å². The molecule has 4 bridgehead atoms. The highest BCUT2D eigenvalue weighted by Gasteiger charge is 2.72. The molecule has 10 atom stereocenters. The number of rotatable bonds is 3. The van der Waals surface area contributed by atoms with E-state index in [4.69, 9.17) is 18.9 Å². The van der Waals surface area contributed by atoms with Gasteiger partial charge in [0, 0.05) is 24.2 Å². The number of hydrogen-bond donors (Lipinski definition) is 1. The Hall–Kier alpha value is -0.200. The monoisotopic (exact) mass is 490 g/mol. The fourth-order valence-corrected chi connectivity index (χ4v) is 9.83. The number of ether oxygens (including phenoxy) is 4. The van der Waals surface area contributed by atoms with Crippen molar-refractivity contribution in [2.24, 2.45) is 28.6 Å². The Morgan fingerprint density at radius 1 is 0.714 bits per heavy atom. The molecule has 0 amide bonds. The van der Waals surface area contributed by atoms with Crippen LogP contribution in [0.2, 0.25) is 0 Å². The first-order valence-corrected chi connectivity index (χ1v) is 14.6. The highest BCUT2D eigenvalue weighted by molar-refractivity contribution is 5.18. The van der Waals surface area contributed by atoms with Crippen molar-refractivity contribution in [3.8, 4) is 0 Å². The second-order valence-corrected chi connectivity index (χ2v) is 15.0. The molecule has 7 fully saturated rings.